The van der Waals surface area contributed by atoms with Gasteiger partial charge < -0.3 is 10.1 Å². The molecule has 0 bridgehead atoms. The lowest BCUT2D eigenvalue weighted by Crippen LogP contribution is -2.47. The summed E-state index contributed by atoms with van der Waals surface area (Å²) in [6, 6.07) is -0.284. The number of carbonyl (C=O) groups is 2. The van der Waals surface area contributed by atoms with Crippen LogP contribution in [0.2, 0.25) is 0 Å². The number of ether oxygens (including phenoxy) is 1. The van der Waals surface area contributed by atoms with Crippen LogP contribution in [0.4, 0.5) is 0 Å². The molecule has 5 nitrogen and oxygen atoms in total. The number of likely N-dealkylation sites (tertiary alicyclic amines) is 1. The van der Waals surface area contributed by atoms with Crippen LogP contribution < -0.4 is 5.32 Å². The van der Waals surface area contributed by atoms with Gasteiger partial charge in [0.2, 0.25) is 11.8 Å². The Balaban J connectivity index is 2.59. The Morgan fingerprint density at radius 1 is 1.39 bits per heavy atom. The summed E-state index contributed by atoms with van der Waals surface area (Å²) in [5, 5.41) is 3.26. The molecule has 5 heteroatoms. The van der Waals surface area contributed by atoms with Gasteiger partial charge in [-0.15, -0.1) is 0 Å². The maximum atomic E-state index is 12.0. The molecule has 0 saturated carbocycles. The molecule has 1 N–H and O–H groups in total. The number of imide groups is 1. The molecular formula is C13H24N2O3. The zero-order chi connectivity index (χ0) is 13.7. The molecule has 1 rings (SSSR count). The maximum Gasteiger partial charge on any atom is 0.246 e. The average molecular weight is 256 g/mol. The number of carbonyl (C=O) groups excluding carboxylic acids is 2. The van der Waals surface area contributed by atoms with Crippen LogP contribution in [0.15, 0.2) is 0 Å². The van der Waals surface area contributed by atoms with E-state index in [0.29, 0.717) is 25.7 Å². The van der Waals surface area contributed by atoms with E-state index in [0.717, 1.165) is 0 Å². The number of amides is 2. The molecule has 0 aromatic carbocycles. The van der Waals surface area contributed by atoms with Crippen molar-refractivity contribution in [3.63, 3.8) is 0 Å². The highest BCUT2D eigenvalue weighted by molar-refractivity contribution is 6.05. The molecule has 0 radical (unpaired) electrons. The van der Waals surface area contributed by atoms with E-state index in [-0.39, 0.29) is 30.3 Å². The molecule has 1 fully saturated rings. The van der Waals surface area contributed by atoms with Gasteiger partial charge in [-0.05, 0) is 19.8 Å². The number of hydrogen-bond donors (Lipinski definition) is 1. The van der Waals surface area contributed by atoms with Crippen molar-refractivity contribution in [3.8, 4) is 0 Å². The zero-order valence-corrected chi connectivity index (χ0v) is 11.7. The predicted molar refractivity (Wildman–Crippen MR) is 69.1 cm³/mol. The van der Waals surface area contributed by atoms with E-state index in [9.17, 15) is 9.59 Å². The van der Waals surface area contributed by atoms with Crippen molar-refractivity contribution in [2.45, 2.75) is 46.2 Å². The summed E-state index contributed by atoms with van der Waals surface area (Å²) in [6.07, 6.45) is 0.266. The number of hydrogen-bond acceptors (Lipinski definition) is 4. The first kappa shape index (κ1) is 15.1. The van der Waals surface area contributed by atoms with Crippen LogP contribution in [0.5, 0.6) is 0 Å². The first-order valence-corrected chi connectivity index (χ1v) is 6.69. The van der Waals surface area contributed by atoms with E-state index in [1.165, 1.54) is 4.90 Å². The van der Waals surface area contributed by atoms with Crippen molar-refractivity contribution in [2.24, 2.45) is 5.92 Å². The molecule has 2 amide bonds. The molecule has 1 heterocycles. The summed E-state index contributed by atoms with van der Waals surface area (Å²) in [7, 11) is 0. The molecule has 1 aliphatic heterocycles. The van der Waals surface area contributed by atoms with E-state index in [1.54, 1.807) is 0 Å². The van der Waals surface area contributed by atoms with Gasteiger partial charge in [0, 0.05) is 19.2 Å². The summed E-state index contributed by atoms with van der Waals surface area (Å²) in [4.78, 5) is 24.9. The SMILES string of the molecule is CCOCC(NC1CC(=O)N(CC)C1=O)C(C)C. The molecule has 1 aliphatic rings. The van der Waals surface area contributed by atoms with Gasteiger partial charge in [-0.3, -0.25) is 14.5 Å². The van der Waals surface area contributed by atoms with Gasteiger partial charge in [0.25, 0.3) is 0 Å². The van der Waals surface area contributed by atoms with Crippen molar-refractivity contribution < 1.29 is 14.3 Å². The Morgan fingerprint density at radius 2 is 2.06 bits per heavy atom. The first-order chi connectivity index (χ1) is 8.51. The largest absolute Gasteiger partial charge is 0.380 e. The Kier molecular flexibility index (Phi) is 5.75. The molecule has 2 unspecified atom stereocenters. The van der Waals surface area contributed by atoms with Gasteiger partial charge >= 0.3 is 0 Å². The van der Waals surface area contributed by atoms with Crippen molar-refractivity contribution in [2.75, 3.05) is 19.8 Å². The Morgan fingerprint density at radius 3 is 2.50 bits per heavy atom. The predicted octanol–water partition coefficient (Wildman–Crippen LogP) is 0.784. The van der Waals surface area contributed by atoms with E-state index in [2.05, 4.69) is 19.2 Å². The number of nitrogens with zero attached hydrogens (tertiary/aromatic N) is 1. The van der Waals surface area contributed by atoms with Crippen LogP contribution in [0.1, 0.15) is 34.1 Å². The molecule has 104 valence electrons. The molecule has 0 aromatic rings. The first-order valence-electron chi connectivity index (χ1n) is 6.69. The Labute approximate surface area is 109 Å². The van der Waals surface area contributed by atoms with Crippen molar-refractivity contribution in [1.82, 2.24) is 10.2 Å². The highest BCUT2D eigenvalue weighted by Crippen LogP contribution is 2.15. The molecule has 1 saturated heterocycles. The quantitative estimate of drug-likeness (QED) is 0.684. The zero-order valence-electron chi connectivity index (χ0n) is 11.7. The van der Waals surface area contributed by atoms with Crippen molar-refractivity contribution in [1.29, 1.82) is 0 Å². The minimum atomic E-state index is -0.384. The summed E-state index contributed by atoms with van der Waals surface area (Å²) in [5.74, 6) is 0.165. The molecule has 0 spiro atoms. The second-order valence-electron chi connectivity index (χ2n) is 4.91. The standard InChI is InChI=1S/C13H24N2O3/c1-5-15-12(16)7-10(13(15)17)14-11(9(3)4)8-18-6-2/h9-11,14H,5-8H2,1-4H3. The monoisotopic (exact) mass is 256 g/mol. The maximum absolute atomic E-state index is 12.0. The van der Waals surface area contributed by atoms with E-state index < -0.39 is 0 Å². The van der Waals surface area contributed by atoms with Gasteiger partial charge in [0.15, 0.2) is 0 Å². The highest BCUT2D eigenvalue weighted by atomic mass is 16.5. The van der Waals surface area contributed by atoms with Gasteiger partial charge in [0.05, 0.1) is 19.1 Å². The van der Waals surface area contributed by atoms with Crippen molar-refractivity contribution >= 4 is 11.8 Å². The third-order valence-electron chi connectivity index (χ3n) is 3.28. The lowest BCUT2D eigenvalue weighted by molar-refractivity contribution is -0.138. The molecular weight excluding hydrogens is 232 g/mol. The molecule has 0 aliphatic carbocycles. The summed E-state index contributed by atoms with van der Waals surface area (Å²) < 4.78 is 5.41. The number of likely N-dealkylation sites (N-methyl/N-ethyl adjacent to an activating group) is 1. The molecule has 2 atom stereocenters. The van der Waals surface area contributed by atoms with Gasteiger partial charge in [-0.25, -0.2) is 0 Å². The third kappa shape index (κ3) is 3.53. The van der Waals surface area contributed by atoms with E-state index in [1.807, 2.05) is 13.8 Å². The van der Waals surface area contributed by atoms with E-state index >= 15 is 0 Å². The normalized spacial score (nSPS) is 22.1. The van der Waals surface area contributed by atoms with Crippen molar-refractivity contribution in [3.05, 3.63) is 0 Å². The number of nitrogens with one attached hydrogen (secondary N) is 1. The smallest absolute Gasteiger partial charge is 0.246 e. The fraction of sp³-hybridized carbons (Fsp3) is 0.846. The van der Waals surface area contributed by atoms with Gasteiger partial charge in [0.1, 0.15) is 0 Å². The third-order valence-corrected chi connectivity index (χ3v) is 3.28. The second-order valence-corrected chi connectivity index (χ2v) is 4.91. The van der Waals surface area contributed by atoms with Crippen LogP contribution in [-0.2, 0) is 14.3 Å². The van der Waals surface area contributed by atoms with E-state index in [4.69, 9.17) is 4.74 Å². The van der Waals surface area contributed by atoms with Gasteiger partial charge in [-0.2, -0.15) is 0 Å². The topological polar surface area (TPSA) is 58.6 Å². The molecule has 0 aromatic heterocycles. The fourth-order valence-electron chi connectivity index (χ4n) is 2.08. The number of rotatable bonds is 7. The fourth-order valence-corrected chi connectivity index (χ4v) is 2.08. The Bertz CT molecular complexity index is 305. The Hall–Kier alpha value is -0.940. The summed E-state index contributed by atoms with van der Waals surface area (Å²) >= 11 is 0. The van der Waals surface area contributed by atoms with Crippen LogP contribution in [0, 0.1) is 5.92 Å². The molecule has 18 heavy (non-hydrogen) atoms. The lowest BCUT2D eigenvalue weighted by Gasteiger charge is -2.25. The van der Waals surface area contributed by atoms with Crippen LogP contribution in [0.3, 0.4) is 0 Å². The lowest BCUT2D eigenvalue weighted by atomic mass is 10.0. The van der Waals surface area contributed by atoms with Gasteiger partial charge in [-0.1, -0.05) is 13.8 Å². The second kappa shape index (κ2) is 6.85. The summed E-state index contributed by atoms with van der Waals surface area (Å²) in [5.41, 5.74) is 0. The van der Waals surface area contributed by atoms with Crippen LogP contribution in [-0.4, -0.2) is 48.6 Å². The minimum Gasteiger partial charge on any atom is -0.380 e. The van der Waals surface area contributed by atoms with Crippen LogP contribution >= 0.6 is 0 Å². The highest BCUT2D eigenvalue weighted by Gasteiger charge is 2.38. The minimum absolute atomic E-state index is 0.0843. The summed E-state index contributed by atoms with van der Waals surface area (Å²) in [6.45, 7) is 9.60. The van der Waals surface area contributed by atoms with Crippen LogP contribution in [0.25, 0.3) is 0 Å². The average Bonchev–Trinajstić information content (AvgIpc) is 2.59.